The zero-order valence-corrected chi connectivity index (χ0v) is 11.5. The van der Waals surface area contributed by atoms with Crippen molar-refractivity contribution in [2.24, 2.45) is 0 Å². The lowest BCUT2D eigenvalue weighted by Crippen LogP contribution is -1.99. The van der Waals surface area contributed by atoms with Crippen molar-refractivity contribution in [3.63, 3.8) is 0 Å². The third kappa shape index (κ3) is 2.71. The molecule has 0 saturated carbocycles. The van der Waals surface area contributed by atoms with Crippen LogP contribution in [0.2, 0.25) is 0 Å². The summed E-state index contributed by atoms with van der Waals surface area (Å²) in [4.78, 5) is 1.89. The van der Waals surface area contributed by atoms with E-state index in [2.05, 4.69) is 16.5 Å². The van der Waals surface area contributed by atoms with E-state index in [0.717, 1.165) is 27.7 Å². The molecule has 0 atom stereocenters. The maximum atomic E-state index is 8.81. The van der Waals surface area contributed by atoms with Crippen molar-refractivity contribution < 1.29 is 0 Å². The van der Waals surface area contributed by atoms with Crippen LogP contribution in [0, 0.1) is 11.3 Å². The van der Waals surface area contributed by atoms with Gasteiger partial charge in [0.1, 0.15) is 10.9 Å². The first kappa shape index (κ1) is 12.5. The summed E-state index contributed by atoms with van der Waals surface area (Å²) in [6, 6.07) is 16.0. The normalized spacial score (nSPS) is 10.2. The molecule has 0 unspecified atom stereocenters. The molecule has 3 aromatic rings. The summed E-state index contributed by atoms with van der Waals surface area (Å²) in [5.74, 6) is 0. The van der Waals surface area contributed by atoms with Gasteiger partial charge in [-0.15, -0.1) is 11.3 Å². The molecule has 5 heteroatoms. The van der Waals surface area contributed by atoms with Crippen LogP contribution >= 0.6 is 11.3 Å². The first-order chi connectivity index (χ1) is 9.85. The minimum Gasteiger partial charge on any atom is -0.380 e. The highest BCUT2D eigenvalue weighted by Gasteiger charge is 2.01. The lowest BCUT2D eigenvalue weighted by molar-refractivity contribution is 0.880. The molecule has 0 radical (unpaired) electrons. The summed E-state index contributed by atoms with van der Waals surface area (Å²) in [5, 5.41) is 16.4. The summed E-state index contributed by atoms with van der Waals surface area (Å²) in [6.45, 7) is 0.717. The van der Waals surface area contributed by atoms with Gasteiger partial charge in [-0.2, -0.15) is 10.4 Å². The highest BCUT2D eigenvalue weighted by atomic mass is 32.1. The van der Waals surface area contributed by atoms with Gasteiger partial charge >= 0.3 is 0 Å². The van der Waals surface area contributed by atoms with Crippen LogP contribution in [0.15, 0.2) is 54.9 Å². The molecule has 0 spiro atoms. The van der Waals surface area contributed by atoms with E-state index in [4.69, 9.17) is 5.26 Å². The first-order valence-electron chi connectivity index (χ1n) is 6.18. The van der Waals surface area contributed by atoms with Crippen LogP contribution in [0.25, 0.3) is 5.69 Å². The number of thiophene rings is 1. The molecule has 2 heterocycles. The molecule has 4 nitrogen and oxygen atoms in total. The smallest absolute Gasteiger partial charge is 0.110 e. The highest BCUT2D eigenvalue weighted by molar-refractivity contribution is 7.12. The minimum absolute atomic E-state index is 0.717. The number of nitrogens with one attached hydrogen (secondary N) is 1. The van der Waals surface area contributed by atoms with Gasteiger partial charge in [0.15, 0.2) is 0 Å². The second kappa shape index (κ2) is 5.59. The van der Waals surface area contributed by atoms with E-state index in [1.165, 1.54) is 11.3 Å². The van der Waals surface area contributed by atoms with Crippen LogP contribution in [0.5, 0.6) is 0 Å². The average molecular weight is 280 g/mol. The molecule has 1 aromatic carbocycles. The third-order valence-electron chi connectivity index (χ3n) is 2.85. The highest BCUT2D eigenvalue weighted by Crippen LogP contribution is 2.18. The minimum atomic E-state index is 0.717. The van der Waals surface area contributed by atoms with Gasteiger partial charge in [0.2, 0.25) is 0 Å². The maximum Gasteiger partial charge on any atom is 0.110 e. The maximum absolute atomic E-state index is 8.81. The number of rotatable bonds is 4. The zero-order valence-electron chi connectivity index (χ0n) is 10.7. The van der Waals surface area contributed by atoms with Crippen molar-refractivity contribution in [1.82, 2.24) is 9.78 Å². The predicted molar refractivity (Wildman–Crippen MR) is 79.9 cm³/mol. The fourth-order valence-corrected chi connectivity index (χ4v) is 2.65. The molecular formula is C15H12N4S. The van der Waals surface area contributed by atoms with Crippen molar-refractivity contribution in [2.45, 2.75) is 6.54 Å². The van der Waals surface area contributed by atoms with Gasteiger partial charge in [0.25, 0.3) is 0 Å². The van der Waals surface area contributed by atoms with Crippen LogP contribution in [-0.2, 0) is 6.54 Å². The first-order valence-corrected chi connectivity index (χ1v) is 6.99. The molecule has 20 heavy (non-hydrogen) atoms. The number of anilines is 1. The summed E-state index contributed by atoms with van der Waals surface area (Å²) >= 11 is 1.51. The van der Waals surface area contributed by atoms with E-state index >= 15 is 0 Å². The second-order valence-electron chi connectivity index (χ2n) is 4.23. The van der Waals surface area contributed by atoms with E-state index in [1.54, 1.807) is 6.20 Å². The number of benzene rings is 1. The van der Waals surface area contributed by atoms with E-state index in [1.807, 2.05) is 53.3 Å². The van der Waals surface area contributed by atoms with Crippen molar-refractivity contribution in [2.75, 3.05) is 5.32 Å². The Balaban J connectivity index is 1.72. The molecule has 3 rings (SSSR count). The Labute approximate surface area is 120 Å². The van der Waals surface area contributed by atoms with Crippen molar-refractivity contribution >= 4 is 17.0 Å². The lowest BCUT2D eigenvalue weighted by atomic mass is 10.2. The molecule has 0 fully saturated rings. The quantitative estimate of drug-likeness (QED) is 0.796. The van der Waals surface area contributed by atoms with Gasteiger partial charge < -0.3 is 5.32 Å². The standard InChI is InChI=1S/C15H12N4S/c16-10-14-5-6-15(20-14)11-17-12-3-1-4-13(9-12)19-8-2-7-18-19/h1-9,17H,11H2. The van der Waals surface area contributed by atoms with Crippen LogP contribution in [0.4, 0.5) is 5.69 Å². The Morgan fingerprint density at radius 3 is 2.95 bits per heavy atom. The summed E-state index contributed by atoms with van der Waals surface area (Å²) in [7, 11) is 0. The average Bonchev–Trinajstić information content (AvgIpc) is 3.17. The SMILES string of the molecule is N#Cc1ccc(CNc2cccc(-n3cccn3)c2)s1. The van der Waals surface area contributed by atoms with Gasteiger partial charge in [0, 0.05) is 29.5 Å². The summed E-state index contributed by atoms with van der Waals surface area (Å²) in [5.41, 5.74) is 2.05. The summed E-state index contributed by atoms with van der Waals surface area (Å²) < 4.78 is 1.82. The zero-order chi connectivity index (χ0) is 13.8. The fourth-order valence-electron chi connectivity index (χ4n) is 1.90. The summed E-state index contributed by atoms with van der Waals surface area (Å²) in [6.07, 6.45) is 3.67. The Hall–Kier alpha value is -2.58. The van der Waals surface area contributed by atoms with Crippen LogP contribution < -0.4 is 5.32 Å². The molecule has 0 aliphatic carbocycles. The lowest BCUT2D eigenvalue weighted by Gasteiger charge is -2.07. The second-order valence-corrected chi connectivity index (χ2v) is 5.40. The molecule has 98 valence electrons. The molecule has 0 aliphatic rings. The largest absolute Gasteiger partial charge is 0.380 e. The monoisotopic (exact) mass is 280 g/mol. The van der Waals surface area contributed by atoms with Gasteiger partial charge in [0.05, 0.1) is 5.69 Å². The number of nitriles is 1. The molecule has 0 saturated heterocycles. The third-order valence-corrected chi connectivity index (χ3v) is 3.84. The van der Waals surface area contributed by atoms with E-state index < -0.39 is 0 Å². The molecule has 1 N–H and O–H groups in total. The van der Waals surface area contributed by atoms with Crippen LogP contribution in [-0.4, -0.2) is 9.78 Å². The number of hydrogen-bond acceptors (Lipinski definition) is 4. The van der Waals surface area contributed by atoms with E-state index in [9.17, 15) is 0 Å². The molecule has 0 bridgehead atoms. The van der Waals surface area contributed by atoms with E-state index in [0.29, 0.717) is 0 Å². The van der Waals surface area contributed by atoms with Gasteiger partial charge in [-0.05, 0) is 36.4 Å². The van der Waals surface area contributed by atoms with Crippen LogP contribution in [0.3, 0.4) is 0 Å². The van der Waals surface area contributed by atoms with Crippen molar-refractivity contribution in [3.05, 3.63) is 64.6 Å². The molecule has 2 aromatic heterocycles. The number of nitrogens with zero attached hydrogens (tertiary/aromatic N) is 3. The van der Waals surface area contributed by atoms with Crippen LogP contribution in [0.1, 0.15) is 9.75 Å². The Bertz CT molecular complexity index is 737. The van der Waals surface area contributed by atoms with Gasteiger partial charge in [-0.25, -0.2) is 4.68 Å². The Morgan fingerprint density at radius 2 is 2.20 bits per heavy atom. The van der Waals surface area contributed by atoms with Gasteiger partial charge in [-0.3, -0.25) is 0 Å². The molecular weight excluding hydrogens is 268 g/mol. The molecule has 0 aliphatic heterocycles. The number of aromatic nitrogens is 2. The Morgan fingerprint density at radius 1 is 1.25 bits per heavy atom. The van der Waals surface area contributed by atoms with Crippen molar-refractivity contribution in [1.29, 1.82) is 5.26 Å². The fraction of sp³-hybridized carbons (Fsp3) is 0.0667. The Kier molecular flexibility index (Phi) is 3.48. The van der Waals surface area contributed by atoms with E-state index in [-0.39, 0.29) is 0 Å². The topological polar surface area (TPSA) is 53.6 Å². The van der Waals surface area contributed by atoms with Gasteiger partial charge in [-0.1, -0.05) is 6.07 Å². The van der Waals surface area contributed by atoms with Crippen molar-refractivity contribution in [3.8, 4) is 11.8 Å². The number of hydrogen-bond donors (Lipinski definition) is 1. The predicted octanol–water partition coefficient (Wildman–Crippen LogP) is 3.42. The molecule has 0 amide bonds.